The lowest BCUT2D eigenvalue weighted by atomic mass is 10.5. The first-order chi connectivity index (χ1) is 4.57. The summed E-state index contributed by atoms with van der Waals surface area (Å²) in [5.74, 6) is -0.703. The molecule has 0 aliphatic heterocycles. The van der Waals surface area contributed by atoms with E-state index in [0.29, 0.717) is 0 Å². The molecule has 0 N–H and O–H groups in total. The lowest BCUT2D eigenvalue weighted by Crippen LogP contribution is -2.21. The minimum atomic E-state index is -1.58. The molecule has 0 aromatic carbocycles. The highest BCUT2D eigenvalue weighted by molar-refractivity contribution is 8.08. The van der Waals surface area contributed by atoms with E-state index in [1.807, 2.05) is 0 Å². The molecule has 0 aromatic rings. The van der Waals surface area contributed by atoms with E-state index >= 15 is 0 Å². The molecule has 6 heteroatoms. The topological polar surface area (TPSA) is 43.4 Å². The van der Waals surface area contributed by atoms with Crippen molar-refractivity contribution in [1.29, 1.82) is 0 Å². The van der Waals surface area contributed by atoms with Crippen LogP contribution < -0.4 is 0 Å². The lowest BCUT2D eigenvalue weighted by molar-refractivity contribution is -0.139. The number of hydrogen-bond acceptors (Lipinski definition) is 3. The minimum Gasteiger partial charge on any atom is -0.468 e. The first-order valence-electron chi connectivity index (χ1n) is 2.34. The molecule has 0 spiro atoms. The average Bonchev–Trinajstić information content (AvgIpc) is 1.85. The summed E-state index contributed by atoms with van der Waals surface area (Å²) in [6.07, 6.45) is 0. The van der Waals surface area contributed by atoms with E-state index in [1.165, 1.54) is 7.11 Å². The Morgan fingerprint density at radius 2 is 2.30 bits per heavy atom. The molecule has 0 aliphatic carbocycles. The van der Waals surface area contributed by atoms with Crippen LogP contribution in [-0.4, -0.2) is 28.4 Å². The Morgan fingerprint density at radius 3 is 2.60 bits per heavy atom. The number of esters is 1. The molecule has 0 amide bonds. The predicted molar refractivity (Wildman–Crippen MR) is 40.5 cm³/mol. The van der Waals surface area contributed by atoms with Crippen molar-refractivity contribution in [2.24, 2.45) is 0 Å². The number of rotatable bonds is 3. The summed E-state index contributed by atoms with van der Waals surface area (Å²) in [7, 11) is 4.68. The fourth-order valence-corrected chi connectivity index (χ4v) is 1.68. The van der Waals surface area contributed by atoms with Gasteiger partial charge in [-0.15, -0.1) is 11.6 Å². The highest BCUT2D eigenvalue weighted by atomic mass is 35.7. The summed E-state index contributed by atoms with van der Waals surface area (Å²) in [6.45, 7) is 0. The van der Waals surface area contributed by atoms with Gasteiger partial charge in [-0.05, 0) is 10.7 Å². The van der Waals surface area contributed by atoms with Gasteiger partial charge in [0.15, 0.2) is 0 Å². The Kier molecular flexibility index (Phi) is 5.03. The van der Waals surface area contributed by atoms with Gasteiger partial charge in [-0.1, -0.05) is 0 Å². The van der Waals surface area contributed by atoms with Crippen LogP contribution in [0.4, 0.5) is 0 Å². The number of carbonyl (C=O) groups is 1. The second kappa shape index (κ2) is 4.93. The van der Waals surface area contributed by atoms with E-state index in [9.17, 15) is 9.00 Å². The van der Waals surface area contributed by atoms with E-state index in [2.05, 4.69) is 4.74 Å². The third kappa shape index (κ3) is 4.09. The fraction of sp³-hybridized carbons (Fsp3) is 0.750. The number of ether oxygens (including phenoxy) is 1. The highest BCUT2D eigenvalue weighted by Crippen LogP contribution is 2.02. The minimum absolute atomic E-state index is 0.0875. The second-order valence-corrected chi connectivity index (χ2v) is 3.92. The van der Waals surface area contributed by atoms with Crippen LogP contribution in [-0.2, 0) is 19.5 Å². The largest absolute Gasteiger partial charge is 0.468 e. The van der Waals surface area contributed by atoms with Gasteiger partial charge in [0.05, 0.1) is 12.9 Å². The number of alkyl halides is 1. The van der Waals surface area contributed by atoms with Crippen molar-refractivity contribution in [1.82, 2.24) is 0 Å². The summed E-state index contributed by atoms with van der Waals surface area (Å²) in [6, 6.07) is 0. The van der Waals surface area contributed by atoms with Crippen molar-refractivity contribution in [2.45, 2.75) is 5.38 Å². The van der Waals surface area contributed by atoms with Gasteiger partial charge in [0.25, 0.3) is 0 Å². The molecule has 0 aromatic heterocycles. The van der Waals surface area contributed by atoms with Crippen LogP contribution in [0.1, 0.15) is 0 Å². The van der Waals surface area contributed by atoms with E-state index in [4.69, 9.17) is 22.3 Å². The van der Waals surface area contributed by atoms with Gasteiger partial charge in [-0.2, -0.15) is 0 Å². The van der Waals surface area contributed by atoms with Crippen LogP contribution in [0.15, 0.2) is 0 Å². The van der Waals surface area contributed by atoms with Gasteiger partial charge in [0.2, 0.25) is 0 Å². The zero-order valence-electron chi connectivity index (χ0n) is 5.17. The molecule has 0 fully saturated rings. The first kappa shape index (κ1) is 10.2. The summed E-state index contributed by atoms with van der Waals surface area (Å²) >= 11 is 5.37. The fourth-order valence-electron chi connectivity index (χ4n) is 0.311. The van der Waals surface area contributed by atoms with Gasteiger partial charge >= 0.3 is 5.97 Å². The Morgan fingerprint density at radius 1 is 1.80 bits per heavy atom. The third-order valence-corrected chi connectivity index (χ3v) is 2.22. The van der Waals surface area contributed by atoms with Crippen molar-refractivity contribution in [3.63, 3.8) is 0 Å². The van der Waals surface area contributed by atoms with Crippen LogP contribution in [0, 0.1) is 0 Å². The van der Waals surface area contributed by atoms with Crippen LogP contribution in [0.2, 0.25) is 0 Å². The zero-order chi connectivity index (χ0) is 8.15. The molecule has 2 unspecified atom stereocenters. The normalized spacial score (nSPS) is 15.9. The van der Waals surface area contributed by atoms with Crippen LogP contribution in [0.3, 0.4) is 0 Å². The Bertz CT molecular complexity index is 149. The first-order valence-corrected chi connectivity index (χ1v) is 4.92. The van der Waals surface area contributed by atoms with E-state index in [1.54, 1.807) is 0 Å². The quantitative estimate of drug-likeness (QED) is 0.386. The monoisotopic (exact) mass is 204 g/mol. The summed E-state index contributed by atoms with van der Waals surface area (Å²) < 4.78 is 14.5. The molecule has 0 saturated heterocycles. The van der Waals surface area contributed by atoms with Gasteiger partial charge in [0.1, 0.15) is 15.4 Å². The third-order valence-electron chi connectivity index (χ3n) is 0.734. The second-order valence-electron chi connectivity index (χ2n) is 1.45. The van der Waals surface area contributed by atoms with Gasteiger partial charge in [-0.3, -0.25) is 4.79 Å². The maximum atomic E-state index is 10.5. The smallest absolute Gasteiger partial charge is 0.324 e. The SMILES string of the molecule is COC(=O)C(Cl)CS(=O)Cl. The van der Waals surface area contributed by atoms with Crippen LogP contribution in [0.5, 0.6) is 0 Å². The molecule has 2 atom stereocenters. The molecule has 0 rings (SSSR count). The number of methoxy groups -OCH3 is 1. The molecule has 0 radical (unpaired) electrons. The van der Waals surface area contributed by atoms with Crippen LogP contribution >= 0.6 is 22.3 Å². The van der Waals surface area contributed by atoms with Crippen LogP contribution in [0.25, 0.3) is 0 Å². The molecular formula is C4H6Cl2O3S. The van der Waals surface area contributed by atoms with E-state index < -0.39 is 21.4 Å². The maximum absolute atomic E-state index is 10.5. The number of hydrogen-bond donors (Lipinski definition) is 0. The molecule has 0 heterocycles. The van der Waals surface area contributed by atoms with E-state index in [0.717, 1.165) is 0 Å². The van der Waals surface area contributed by atoms with E-state index in [-0.39, 0.29) is 5.75 Å². The van der Waals surface area contributed by atoms with Gasteiger partial charge < -0.3 is 4.74 Å². The van der Waals surface area contributed by atoms with Gasteiger partial charge in [0, 0.05) is 0 Å². The molecule has 0 aliphatic rings. The van der Waals surface area contributed by atoms with Crippen molar-refractivity contribution in [2.75, 3.05) is 12.9 Å². The number of halogens is 2. The van der Waals surface area contributed by atoms with Gasteiger partial charge in [-0.25, -0.2) is 4.21 Å². The zero-order valence-corrected chi connectivity index (χ0v) is 7.50. The lowest BCUT2D eigenvalue weighted by Gasteiger charge is -2.01. The summed E-state index contributed by atoms with van der Waals surface area (Å²) in [5.41, 5.74) is 0. The number of carbonyl (C=O) groups excluding carboxylic acids is 1. The molecule has 0 saturated carbocycles. The predicted octanol–water partition coefficient (Wildman–Crippen LogP) is 0.669. The summed E-state index contributed by atoms with van der Waals surface area (Å²) in [5, 5.41) is -0.914. The molecule has 10 heavy (non-hydrogen) atoms. The highest BCUT2D eigenvalue weighted by Gasteiger charge is 2.17. The average molecular weight is 205 g/mol. The van der Waals surface area contributed by atoms with Crippen molar-refractivity contribution >= 4 is 38.3 Å². The maximum Gasteiger partial charge on any atom is 0.324 e. The Balaban J connectivity index is 3.72. The molecule has 60 valence electrons. The standard InChI is InChI=1S/C4H6Cl2O3S/c1-9-4(7)3(5)2-10(6)8/h3H,2H2,1H3. The molecule has 0 bridgehead atoms. The Hall–Kier alpha value is 0.200. The molecular weight excluding hydrogens is 199 g/mol. The molecule has 3 nitrogen and oxygen atoms in total. The Labute approximate surface area is 70.6 Å². The van der Waals surface area contributed by atoms with Crippen molar-refractivity contribution < 1.29 is 13.7 Å². The summed E-state index contributed by atoms with van der Waals surface area (Å²) in [4.78, 5) is 10.5. The van der Waals surface area contributed by atoms with Crippen molar-refractivity contribution in [3.8, 4) is 0 Å². The van der Waals surface area contributed by atoms with Crippen molar-refractivity contribution in [3.05, 3.63) is 0 Å².